The van der Waals surface area contributed by atoms with Crippen LogP contribution >= 0.6 is 0 Å². The lowest BCUT2D eigenvalue weighted by Gasteiger charge is -2.22. The molecule has 0 fully saturated rings. The molecule has 3 N–H and O–H groups in total. The van der Waals surface area contributed by atoms with E-state index in [-0.39, 0.29) is 18.5 Å². The van der Waals surface area contributed by atoms with Crippen molar-refractivity contribution in [3.05, 3.63) is 48.6 Å². The quantitative estimate of drug-likeness (QED) is 0.0320. The van der Waals surface area contributed by atoms with Gasteiger partial charge in [0.15, 0.2) is 0 Å². The van der Waals surface area contributed by atoms with Crippen molar-refractivity contribution in [3.8, 4) is 0 Å². The number of hydrogen-bond acceptors (Lipinski definition) is 5. The van der Waals surface area contributed by atoms with Crippen molar-refractivity contribution in [1.82, 2.24) is 5.32 Å². The van der Waals surface area contributed by atoms with Crippen molar-refractivity contribution in [2.45, 2.75) is 437 Å². The van der Waals surface area contributed by atoms with Gasteiger partial charge in [0.25, 0.3) is 0 Å². The van der Waals surface area contributed by atoms with Crippen LogP contribution in [0.15, 0.2) is 48.6 Å². The number of rotatable bonds is 73. The van der Waals surface area contributed by atoms with E-state index in [4.69, 9.17) is 4.74 Å². The molecule has 0 spiro atoms. The predicted octanol–water partition coefficient (Wildman–Crippen LogP) is 25.6. The highest BCUT2D eigenvalue weighted by atomic mass is 16.5. The number of esters is 1. The number of nitrogens with one attached hydrogen (secondary N) is 1. The molecule has 2 atom stereocenters. The van der Waals surface area contributed by atoms with Gasteiger partial charge in [0.2, 0.25) is 5.91 Å². The van der Waals surface area contributed by atoms with Crippen LogP contribution in [0.1, 0.15) is 425 Å². The van der Waals surface area contributed by atoms with E-state index >= 15 is 0 Å². The summed E-state index contributed by atoms with van der Waals surface area (Å²) in [7, 11) is 0. The second-order valence-corrected chi connectivity index (χ2v) is 26.7. The molecule has 0 aliphatic carbocycles. The largest absolute Gasteiger partial charge is 0.466 e. The SMILES string of the molecule is CCC/C=C\C/C=C\CCCCCCCC(=O)OCCCCCCCCCCC/C=C\C/C=C\CCCCCCCCCCCCCCCCCC(=O)NC(CO)C(O)CCCCCCCCCCCCCCCCCCCCCCCCCCC. The number of allylic oxidation sites excluding steroid dienone is 8. The summed E-state index contributed by atoms with van der Waals surface area (Å²) >= 11 is 0. The Bertz CT molecular complexity index is 1440. The van der Waals surface area contributed by atoms with Crippen molar-refractivity contribution in [2.75, 3.05) is 13.2 Å². The van der Waals surface area contributed by atoms with Gasteiger partial charge in [-0.1, -0.05) is 377 Å². The molecule has 86 heavy (non-hydrogen) atoms. The second-order valence-electron chi connectivity index (χ2n) is 26.7. The van der Waals surface area contributed by atoms with E-state index in [2.05, 4.69) is 67.8 Å². The Morgan fingerprint density at radius 1 is 0.326 bits per heavy atom. The van der Waals surface area contributed by atoms with E-state index in [1.54, 1.807) is 0 Å². The number of ether oxygens (including phenoxy) is 1. The van der Waals surface area contributed by atoms with Gasteiger partial charge >= 0.3 is 5.97 Å². The molecule has 0 saturated carbocycles. The lowest BCUT2D eigenvalue weighted by molar-refractivity contribution is -0.143. The molecule has 0 aliphatic heterocycles. The second kappa shape index (κ2) is 75.3. The summed E-state index contributed by atoms with van der Waals surface area (Å²) in [5.41, 5.74) is 0. The molecule has 0 rings (SSSR count). The topological polar surface area (TPSA) is 95.9 Å². The summed E-state index contributed by atoms with van der Waals surface area (Å²) in [5.74, 6) is -0.0313. The van der Waals surface area contributed by atoms with E-state index in [0.29, 0.717) is 25.9 Å². The van der Waals surface area contributed by atoms with Crippen molar-refractivity contribution in [3.63, 3.8) is 0 Å². The Kier molecular flexibility index (Phi) is 73.4. The number of hydrogen-bond donors (Lipinski definition) is 3. The highest BCUT2D eigenvalue weighted by molar-refractivity contribution is 5.76. The summed E-state index contributed by atoms with van der Waals surface area (Å²) in [6.45, 7) is 4.92. The number of carbonyl (C=O) groups excluding carboxylic acids is 2. The minimum atomic E-state index is -0.666. The highest BCUT2D eigenvalue weighted by Crippen LogP contribution is 2.19. The van der Waals surface area contributed by atoms with Gasteiger partial charge in [-0.25, -0.2) is 0 Å². The van der Waals surface area contributed by atoms with E-state index in [9.17, 15) is 19.8 Å². The summed E-state index contributed by atoms with van der Waals surface area (Å²) in [4.78, 5) is 24.6. The molecule has 0 heterocycles. The average molecular weight is 1210 g/mol. The standard InChI is InChI=1S/C80H151NO5/c1-3-5-7-9-11-13-15-17-18-19-20-21-22-30-33-36-39-42-45-49-52-56-60-64-68-72-78(83)77(76-82)81-79(84)73-69-65-61-57-53-50-46-43-40-37-34-31-28-26-24-23-25-27-29-32-35-38-41-44-47-51-55-59-63-67-71-75-86-80(85)74-70-66-62-58-54-48-16-14-12-10-8-6-4-2/h8,10,14,16,25,27,32,35,77-78,82-83H,3-7,9,11-13,15,17-24,26,28-31,33-34,36-76H2,1-2H3,(H,81,84)/b10-8-,16-14-,27-25-,35-32-. The molecular weight excluding hydrogens is 1050 g/mol. The molecule has 6 nitrogen and oxygen atoms in total. The van der Waals surface area contributed by atoms with Crippen molar-refractivity contribution in [1.29, 1.82) is 0 Å². The maximum absolute atomic E-state index is 12.6. The Balaban J connectivity index is 3.40. The molecule has 0 aromatic rings. The summed E-state index contributed by atoms with van der Waals surface area (Å²) in [6, 6.07) is -0.543. The van der Waals surface area contributed by atoms with Crippen LogP contribution in [-0.4, -0.2) is 47.4 Å². The molecule has 0 saturated heterocycles. The van der Waals surface area contributed by atoms with Crippen LogP contribution in [0.3, 0.4) is 0 Å². The molecule has 0 radical (unpaired) electrons. The van der Waals surface area contributed by atoms with Gasteiger partial charge in [-0.15, -0.1) is 0 Å². The number of aliphatic hydroxyl groups is 2. The first-order valence-electron chi connectivity index (χ1n) is 38.9. The maximum atomic E-state index is 12.6. The Hall–Kier alpha value is -2.18. The molecule has 0 aromatic carbocycles. The third-order valence-electron chi connectivity index (χ3n) is 18.1. The van der Waals surface area contributed by atoms with Crippen molar-refractivity contribution < 1.29 is 24.5 Å². The summed E-state index contributed by atoms with van der Waals surface area (Å²) in [6.07, 6.45) is 99.1. The highest BCUT2D eigenvalue weighted by Gasteiger charge is 2.20. The minimum absolute atomic E-state index is 0.00185. The van der Waals surface area contributed by atoms with Gasteiger partial charge in [-0.2, -0.15) is 0 Å². The molecule has 6 heteroatoms. The first-order chi connectivity index (χ1) is 42.5. The molecule has 506 valence electrons. The number of unbranched alkanes of at least 4 members (excludes halogenated alkanes) is 54. The van der Waals surface area contributed by atoms with E-state index in [0.717, 1.165) is 57.8 Å². The molecule has 0 aromatic heterocycles. The Morgan fingerprint density at radius 3 is 0.930 bits per heavy atom. The molecule has 1 amide bonds. The van der Waals surface area contributed by atoms with Gasteiger partial charge in [-0.05, 0) is 83.5 Å². The molecule has 0 aliphatic rings. The van der Waals surface area contributed by atoms with Crippen LogP contribution < -0.4 is 5.32 Å². The smallest absolute Gasteiger partial charge is 0.305 e. The third kappa shape index (κ3) is 70.9. The fourth-order valence-electron chi connectivity index (χ4n) is 12.2. The van der Waals surface area contributed by atoms with E-state index < -0.39 is 12.1 Å². The number of carbonyl (C=O) groups is 2. The maximum Gasteiger partial charge on any atom is 0.305 e. The molecule has 0 bridgehead atoms. The zero-order chi connectivity index (χ0) is 62.0. The Labute approximate surface area is 537 Å². The van der Waals surface area contributed by atoms with Gasteiger partial charge < -0.3 is 20.3 Å². The summed E-state index contributed by atoms with van der Waals surface area (Å²) in [5, 5.41) is 23.5. The first kappa shape index (κ1) is 83.8. The fourth-order valence-corrected chi connectivity index (χ4v) is 12.2. The van der Waals surface area contributed by atoms with Crippen LogP contribution in [-0.2, 0) is 14.3 Å². The van der Waals surface area contributed by atoms with Crippen LogP contribution in [0, 0.1) is 0 Å². The number of amides is 1. The van der Waals surface area contributed by atoms with Gasteiger partial charge in [0.1, 0.15) is 0 Å². The van der Waals surface area contributed by atoms with Crippen LogP contribution in [0.4, 0.5) is 0 Å². The van der Waals surface area contributed by atoms with Crippen LogP contribution in [0.5, 0.6) is 0 Å². The lowest BCUT2D eigenvalue weighted by atomic mass is 10.0. The van der Waals surface area contributed by atoms with E-state index in [1.807, 2.05) is 0 Å². The average Bonchev–Trinajstić information content (AvgIpc) is 3.55. The molecular formula is C80H151NO5. The lowest BCUT2D eigenvalue weighted by Crippen LogP contribution is -2.45. The van der Waals surface area contributed by atoms with Crippen molar-refractivity contribution >= 4 is 11.9 Å². The van der Waals surface area contributed by atoms with Crippen LogP contribution in [0.2, 0.25) is 0 Å². The zero-order valence-corrected chi connectivity index (χ0v) is 58.1. The van der Waals surface area contributed by atoms with Crippen molar-refractivity contribution in [2.24, 2.45) is 0 Å². The normalized spacial score (nSPS) is 12.7. The van der Waals surface area contributed by atoms with Gasteiger partial charge in [0, 0.05) is 12.8 Å². The third-order valence-corrected chi connectivity index (χ3v) is 18.1. The first-order valence-corrected chi connectivity index (χ1v) is 38.9. The van der Waals surface area contributed by atoms with Crippen LogP contribution in [0.25, 0.3) is 0 Å². The summed E-state index contributed by atoms with van der Waals surface area (Å²) < 4.78 is 5.47. The number of aliphatic hydroxyl groups excluding tert-OH is 2. The molecule has 2 unspecified atom stereocenters. The Morgan fingerprint density at radius 2 is 0.605 bits per heavy atom. The van der Waals surface area contributed by atoms with Gasteiger partial charge in [0.05, 0.1) is 25.4 Å². The minimum Gasteiger partial charge on any atom is -0.466 e. The monoisotopic (exact) mass is 1210 g/mol. The van der Waals surface area contributed by atoms with E-state index in [1.165, 1.54) is 334 Å². The fraction of sp³-hybridized carbons (Fsp3) is 0.875. The predicted molar refractivity (Wildman–Crippen MR) is 379 cm³/mol. The van der Waals surface area contributed by atoms with Gasteiger partial charge in [-0.3, -0.25) is 9.59 Å². The zero-order valence-electron chi connectivity index (χ0n) is 58.1.